The molecule has 0 bridgehead atoms. The van der Waals surface area contributed by atoms with E-state index in [2.05, 4.69) is 16.9 Å². The Morgan fingerprint density at radius 1 is 1.35 bits per heavy atom. The minimum atomic E-state index is 0.627. The van der Waals surface area contributed by atoms with E-state index in [0.717, 1.165) is 28.5 Å². The zero-order valence-electron chi connectivity index (χ0n) is 9.53. The first-order valence-corrected chi connectivity index (χ1v) is 6.30. The molecule has 0 atom stereocenters. The van der Waals surface area contributed by atoms with Gasteiger partial charge in [-0.15, -0.1) is 0 Å². The number of hydrogen-bond acceptors (Lipinski definition) is 2. The highest BCUT2D eigenvalue weighted by molar-refractivity contribution is 7.71. The molecule has 0 amide bonds. The molecule has 0 saturated heterocycles. The summed E-state index contributed by atoms with van der Waals surface area (Å²) in [7, 11) is 0. The van der Waals surface area contributed by atoms with Crippen LogP contribution in [0.3, 0.4) is 0 Å². The van der Waals surface area contributed by atoms with Crippen molar-refractivity contribution in [1.29, 1.82) is 0 Å². The fraction of sp³-hybridized carbons (Fsp3) is 0.231. The van der Waals surface area contributed by atoms with Crippen molar-refractivity contribution in [2.24, 2.45) is 0 Å². The molecule has 0 aliphatic heterocycles. The van der Waals surface area contributed by atoms with Crippen LogP contribution in [0.4, 0.5) is 0 Å². The molecule has 2 aromatic rings. The van der Waals surface area contributed by atoms with Gasteiger partial charge in [-0.1, -0.05) is 48.9 Å². The van der Waals surface area contributed by atoms with Crippen molar-refractivity contribution in [3.63, 3.8) is 0 Å². The molecule has 88 valence electrons. The van der Waals surface area contributed by atoms with E-state index in [0.29, 0.717) is 11.1 Å². The zero-order valence-corrected chi connectivity index (χ0v) is 11.1. The third-order valence-corrected chi connectivity index (χ3v) is 3.12. The second-order valence-corrected chi connectivity index (χ2v) is 4.64. The number of halogens is 1. The van der Waals surface area contributed by atoms with Crippen LogP contribution < -0.4 is 0 Å². The van der Waals surface area contributed by atoms with E-state index >= 15 is 0 Å². The summed E-state index contributed by atoms with van der Waals surface area (Å²) < 4.78 is 0.627. The van der Waals surface area contributed by atoms with Crippen molar-refractivity contribution >= 4 is 23.8 Å². The number of aryl methyl sites for hydroxylation is 1. The second kappa shape index (κ2) is 5.43. The summed E-state index contributed by atoms with van der Waals surface area (Å²) in [5.74, 6) is 0.863. The van der Waals surface area contributed by atoms with Crippen LogP contribution in [-0.2, 0) is 12.8 Å². The number of benzene rings is 1. The van der Waals surface area contributed by atoms with Crippen LogP contribution in [0.1, 0.15) is 24.0 Å². The first kappa shape index (κ1) is 12.3. The Kier molecular flexibility index (Phi) is 3.92. The van der Waals surface area contributed by atoms with Gasteiger partial charge in [0.25, 0.3) is 0 Å². The molecule has 0 radical (unpaired) electrons. The smallest absolute Gasteiger partial charge is 0.130 e. The lowest BCUT2D eigenvalue weighted by Gasteiger charge is -2.05. The van der Waals surface area contributed by atoms with Crippen molar-refractivity contribution in [3.05, 3.63) is 57.1 Å². The van der Waals surface area contributed by atoms with E-state index in [1.165, 1.54) is 0 Å². The molecule has 0 fully saturated rings. The summed E-state index contributed by atoms with van der Waals surface area (Å²) in [6, 6.07) is 9.67. The molecule has 1 heterocycles. The van der Waals surface area contributed by atoms with Gasteiger partial charge in [0.05, 0.1) is 0 Å². The van der Waals surface area contributed by atoms with Crippen molar-refractivity contribution in [3.8, 4) is 0 Å². The predicted octanol–water partition coefficient (Wildman–Crippen LogP) is 3.95. The summed E-state index contributed by atoms with van der Waals surface area (Å²) in [5.41, 5.74) is 2.16. The van der Waals surface area contributed by atoms with Crippen LogP contribution in [0.2, 0.25) is 5.02 Å². The minimum absolute atomic E-state index is 0.627. The predicted molar refractivity (Wildman–Crippen MR) is 73.1 cm³/mol. The molecular formula is C13H13ClN2S. The molecule has 1 aromatic heterocycles. The minimum Gasteiger partial charge on any atom is -0.347 e. The standard InChI is InChI=1S/C13H13ClN2S/c1-2-10-8-13(17)16-12(15-10)7-9-5-3-4-6-11(9)14/h3-6,8H,2,7H2,1H3,(H,15,16,17). The van der Waals surface area contributed by atoms with Gasteiger partial charge in [0.1, 0.15) is 10.5 Å². The Bertz CT molecular complexity index is 578. The summed E-state index contributed by atoms with van der Waals surface area (Å²) in [6.45, 7) is 2.08. The van der Waals surface area contributed by atoms with Gasteiger partial charge < -0.3 is 4.98 Å². The van der Waals surface area contributed by atoms with Crippen LogP contribution in [0.15, 0.2) is 30.3 Å². The topological polar surface area (TPSA) is 28.7 Å². The summed E-state index contributed by atoms with van der Waals surface area (Å²) in [6.07, 6.45) is 1.60. The summed E-state index contributed by atoms with van der Waals surface area (Å²) in [4.78, 5) is 7.59. The van der Waals surface area contributed by atoms with Crippen molar-refractivity contribution in [2.45, 2.75) is 19.8 Å². The third kappa shape index (κ3) is 3.14. The molecule has 0 saturated carbocycles. The zero-order chi connectivity index (χ0) is 12.3. The summed E-state index contributed by atoms with van der Waals surface area (Å²) >= 11 is 11.3. The fourth-order valence-electron chi connectivity index (χ4n) is 1.66. The Balaban J connectivity index is 2.33. The average molecular weight is 265 g/mol. The molecule has 2 rings (SSSR count). The fourth-order valence-corrected chi connectivity index (χ4v) is 2.12. The number of aromatic amines is 1. The molecule has 0 spiro atoms. The molecular weight excluding hydrogens is 252 g/mol. The molecule has 17 heavy (non-hydrogen) atoms. The van der Waals surface area contributed by atoms with E-state index in [-0.39, 0.29) is 0 Å². The average Bonchev–Trinajstić information content (AvgIpc) is 2.31. The van der Waals surface area contributed by atoms with Crippen LogP contribution in [0.25, 0.3) is 0 Å². The van der Waals surface area contributed by atoms with Crippen LogP contribution >= 0.6 is 23.8 Å². The number of aromatic nitrogens is 2. The molecule has 1 aromatic carbocycles. The first-order valence-electron chi connectivity index (χ1n) is 5.51. The number of rotatable bonds is 3. The lowest BCUT2D eigenvalue weighted by atomic mass is 10.1. The molecule has 0 aliphatic rings. The van der Waals surface area contributed by atoms with Gasteiger partial charge in [0.15, 0.2) is 0 Å². The number of nitrogens with zero attached hydrogens (tertiary/aromatic N) is 1. The highest BCUT2D eigenvalue weighted by Gasteiger charge is 2.03. The lowest BCUT2D eigenvalue weighted by Crippen LogP contribution is -2.00. The Morgan fingerprint density at radius 3 is 2.82 bits per heavy atom. The maximum atomic E-state index is 6.12. The van der Waals surface area contributed by atoms with E-state index in [9.17, 15) is 0 Å². The number of nitrogens with one attached hydrogen (secondary N) is 1. The third-order valence-electron chi connectivity index (χ3n) is 2.54. The second-order valence-electron chi connectivity index (χ2n) is 3.81. The normalized spacial score (nSPS) is 10.5. The van der Waals surface area contributed by atoms with Crippen molar-refractivity contribution in [2.75, 3.05) is 0 Å². The highest BCUT2D eigenvalue weighted by atomic mass is 35.5. The summed E-state index contributed by atoms with van der Waals surface area (Å²) in [5, 5.41) is 0.760. The number of H-pyrrole nitrogens is 1. The van der Waals surface area contributed by atoms with Gasteiger partial charge >= 0.3 is 0 Å². The molecule has 0 aliphatic carbocycles. The number of hydrogen-bond donors (Lipinski definition) is 1. The van der Waals surface area contributed by atoms with Gasteiger partial charge in [-0.2, -0.15) is 0 Å². The van der Waals surface area contributed by atoms with Gasteiger partial charge in [0, 0.05) is 17.1 Å². The van der Waals surface area contributed by atoms with Crippen molar-refractivity contribution in [1.82, 2.24) is 9.97 Å². The van der Waals surface area contributed by atoms with Gasteiger partial charge in [-0.05, 0) is 24.1 Å². The van der Waals surface area contributed by atoms with Crippen LogP contribution in [0.5, 0.6) is 0 Å². The van der Waals surface area contributed by atoms with E-state index in [4.69, 9.17) is 23.8 Å². The maximum Gasteiger partial charge on any atom is 0.130 e. The maximum absolute atomic E-state index is 6.12. The Morgan fingerprint density at radius 2 is 2.12 bits per heavy atom. The quantitative estimate of drug-likeness (QED) is 0.851. The van der Waals surface area contributed by atoms with E-state index in [1.807, 2.05) is 30.3 Å². The lowest BCUT2D eigenvalue weighted by molar-refractivity contribution is 0.899. The van der Waals surface area contributed by atoms with E-state index in [1.54, 1.807) is 0 Å². The highest BCUT2D eigenvalue weighted by Crippen LogP contribution is 2.17. The SMILES string of the molecule is CCc1cc(=S)nc(Cc2ccccc2Cl)[nH]1. The molecule has 0 unspecified atom stereocenters. The van der Waals surface area contributed by atoms with E-state index < -0.39 is 0 Å². The van der Waals surface area contributed by atoms with Crippen LogP contribution in [0, 0.1) is 4.64 Å². The largest absolute Gasteiger partial charge is 0.347 e. The van der Waals surface area contributed by atoms with Crippen molar-refractivity contribution < 1.29 is 0 Å². The Hall–Kier alpha value is -1.19. The monoisotopic (exact) mass is 264 g/mol. The Labute approximate surface area is 111 Å². The molecule has 1 N–H and O–H groups in total. The first-order chi connectivity index (χ1) is 8.19. The van der Waals surface area contributed by atoms with Gasteiger partial charge in [-0.25, -0.2) is 4.98 Å². The molecule has 2 nitrogen and oxygen atoms in total. The van der Waals surface area contributed by atoms with Gasteiger partial charge in [-0.3, -0.25) is 0 Å². The van der Waals surface area contributed by atoms with Crippen LogP contribution in [-0.4, -0.2) is 9.97 Å². The molecule has 4 heteroatoms. The van der Waals surface area contributed by atoms with Gasteiger partial charge in [0.2, 0.25) is 0 Å².